The highest BCUT2D eigenvalue weighted by Gasteiger charge is 2.35. The number of hydrogen-bond acceptors (Lipinski definition) is 1. The van der Waals surface area contributed by atoms with Crippen molar-refractivity contribution < 1.29 is 0 Å². The number of alkyl halides is 1. The van der Waals surface area contributed by atoms with Gasteiger partial charge in [0.05, 0.1) is 0 Å². The van der Waals surface area contributed by atoms with Crippen LogP contribution in [-0.4, -0.2) is 18.0 Å². The maximum atomic E-state index is 5.45. The zero-order chi connectivity index (χ0) is 7.45. The average Bonchev–Trinajstić information content (AvgIpc) is 2.62. The van der Waals surface area contributed by atoms with E-state index in [4.69, 9.17) is 11.6 Å². The smallest absolute Gasteiger partial charge is 0.0404 e. The summed E-state index contributed by atoms with van der Waals surface area (Å²) in [4.78, 5) is 0. The Morgan fingerprint density at radius 3 is 2.70 bits per heavy atom. The number of hydrogen-bond donors (Lipinski definition) is 1. The highest BCUT2D eigenvalue weighted by molar-refractivity contribution is 6.18. The van der Waals surface area contributed by atoms with Gasteiger partial charge in [0.15, 0.2) is 0 Å². The molecule has 1 aliphatic carbocycles. The van der Waals surface area contributed by atoms with Gasteiger partial charge in [0, 0.05) is 18.0 Å². The molecule has 0 bridgehead atoms. The molecule has 0 aromatic carbocycles. The van der Waals surface area contributed by atoms with E-state index in [9.17, 15) is 0 Å². The van der Waals surface area contributed by atoms with Gasteiger partial charge >= 0.3 is 0 Å². The zero-order valence-corrected chi connectivity index (χ0v) is 7.12. The maximum Gasteiger partial charge on any atom is 0.0404 e. The van der Waals surface area contributed by atoms with Crippen LogP contribution in [0.15, 0.2) is 12.2 Å². The van der Waals surface area contributed by atoms with Crippen molar-refractivity contribution in [2.24, 2.45) is 0 Å². The largest absolute Gasteiger partial charge is 0.308 e. The van der Waals surface area contributed by atoms with Crippen molar-refractivity contribution in [3.05, 3.63) is 12.2 Å². The predicted octanol–water partition coefficient (Wildman–Crippen LogP) is 1.92. The van der Waals surface area contributed by atoms with Gasteiger partial charge in [-0.3, -0.25) is 0 Å². The first-order chi connectivity index (χ1) is 4.77. The number of allylic oxidation sites excluding steroid dienone is 1. The fourth-order valence-electron chi connectivity index (χ4n) is 0.816. The summed E-state index contributed by atoms with van der Waals surface area (Å²) in [5, 5.41) is 3.42. The van der Waals surface area contributed by atoms with Gasteiger partial charge in [-0.05, 0) is 19.8 Å². The Hall–Kier alpha value is -0.0100. The van der Waals surface area contributed by atoms with Crippen molar-refractivity contribution in [1.29, 1.82) is 0 Å². The van der Waals surface area contributed by atoms with E-state index in [1.165, 1.54) is 12.8 Å². The van der Waals surface area contributed by atoms with Crippen molar-refractivity contribution in [2.75, 3.05) is 12.4 Å². The lowest BCUT2D eigenvalue weighted by atomic mass is 10.3. The van der Waals surface area contributed by atoms with Gasteiger partial charge in [-0.25, -0.2) is 0 Å². The van der Waals surface area contributed by atoms with Gasteiger partial charge in [0.2, 0.25) is 0 Å². The number of rotatable bonds is 4. The molecule has 0 aliphatic heterocycles. The van der Waals surface area contributed by atoms with E-state index in [0.717, 1.165) is 6.54 Å². The molecule has 0 aromatic rings. The van der Waals surface area contributed by atoms with E-state index in [1.807, 2.05) is 6.08 Å². The molecule has 58 valence electrons. The van der Waals surface area contributed by atoms with Crippen molar-refractivity contribution in [3.63, 3.8) is 0 Å². The van der Waals surface area contributed by atoms with Crippen LogP contribution < -0.4 is 5.32 Å². The lowest BCUT2D eigenvalue weighted by molar-refractivity contribution is 0.576. The molecular formula is C8H14ClN. The van der Waals surface area contributed by atoms with Crippen LogP contribution in [0.4, 0.5) is 0 Å². The quantitative estimate of drug-likeness (QED) is 0.488. The van der Waals surface area contributed by atoms with E-state index in [0.29, 0.717) is 11.4 Å². The summed E-state index contributed by atoms with van der Waals surface area (Å²) in [6.45, 7) is 3.21. The Morgan fingerprint density at radius 1 is 1.50 bits per heavy atom. The van der Waals surface area contributed by atoms with Crippen LogP contribution in [0.3, 0.4) is 0 Å². The fraction of sp³-hybridized carbons (Fsp3) is 0.750. The third kappa shape index (κ3) is 2.72. The van der Waals surface area contributed by atoms with Crippen LogP contribution in [0.5, 0.6) is 0 Å². The molecular weight excluding hydrogens is 146 g/mol. The second-order valence-electron chi connectivity index (χ2n) is 3.07. The van der Waals surface area contributed by atoms with Crippen LogP contribution in [0.2, 0.25) is 0 Å². The minimum absolute atomic E-state index is 0.455. The average molecular weight is 160 g/mol. The Balaban J connectivity index is 2.00. The molecule has 0 atom stereocenters. The van der Waals surface area contributed by atoms with Crippen molar-refractivity contribution in [3.8, 4) is 0 Å². The molecule has 0 heterocycles. The minimum Gasteiger partial charge on any atom is -0.308 e. The molecule has 0 amide bonds. The van der Waals surface area contributed by atoms with Crippen LogP contribution in [0.25, 0.3) is 0 Å². The molecule has 1 saturated carbocycles. The summed E-state index contributed by atoms with van der Waals surface area (Å²) in [7, 11) is 0. The van der Waals surface area contributed by atoms with Gasteiger partial charge < -0.3 is 5.32 Å². The van der Waals surface area contributed by atoms with Gasteiger partial charge in [0.25, 0.3) is 0 Å². The second-order valence-corrected chi connectivity index (χ2v) is 3.38. The standard InChI is InChI=1S/C8H14ClN/c1-8(4-5-8)10-7-3-2-6-9/h2-3,10H,4-7H2,1H3/b3-2+. The normalized spacial score (nSPS) is 21.8. The molecule has 1 rings (SSSR count). The van der Waals surface area contributed by atoms with Crippen LogP contribution in [0.1, 0.15) is 19.8 Å². The summed E-state index contributed by atoms with van der Waals surface area (Å²) in [5.74, 6) is 0.623. The predicted molar refractivity (Wildman–Crippen MR) is 45.5 cm³/mol. The minimum atomic E-state index is 0.455. The Bertz CT molecular complexity index is 127. The molecule has 1 fully saturated rings. The topological polar surface area (TPSA) is 12.0 Å². The van der Waals surface area contributed by atoms with Crippen LogP contribution in [0, 0.1) is 0 Å². The fourth-order valence-corrected chi connectivity index (χ4v) is 0.942. The highest BCUT2D eigenvalue weighted by atomic mass is 35.5. The maximum absolute atomic E-state index is 5.45. The van der Waals surface area contributed by atoms with E-state index in [-0.39, 0.29) is 0 Å². The van der Waals surface area contributed by atoms with Crippen molar-refractivity contribution >= 4 is 11.6 Å². The molecule has 1 aliphatic rings. The molecule has 0 saturated heterocycles. The second kappa shape index (κ2) is 3.40. The van der Waals surface area contributed by atoms with E-state index < -0.39 is 0 Å². The van der Waals surface area contributed by atoms with Crippen molar-refractivity contribution in [1.82, 2.24) is 5.32 Å². The summed E-state index contributed by atoms with van der Waals surface area (Å²) in [6, 6.07) is 0. The molecule has 0 unspecified atom stereocenters. The molecule has 10 heavy (non-hydrogen) atoms. The molecule has 0 spiro atoms. The lowest BCUT2D eigenvalue weighted by Crippen LogP contribution is -2.27. The van der Waals surface area contributed by atoms with Gasteiger partial charge in [-0.2, -0.15) is 0 Å². The zero-order valence-electron chi connectivity index (χ0n) is 6.36. The first-order valence-electron chi connectivity index (χ1n) is 3.73. The lowest BCUT2D eigenvalue weighted by Gasteiger charge is -2.07. The van der Waals surface area contributed by atoms with Crippen LogP contribution in [-0.2, 0) is 0 Å². The molecule has 0 radical (unpaired) electrons. The first kappa shape index (κ1) is 8.09. The van der Waals surface area contributed by atoms with E-state index >= 15 is 0 Å². The molecule has 1 N–H and O–H groups in total. The first-order valence-corrected chi connectivity index (χ1v) is 4.26. The molecule has 0 aromatic heterocycles. The van der Waals surface area contributed by atoms with E-state index in [1.54, 1.807) is 0 Å². The third-order valence-corrected chi connectivity index (χ3v) is 2.08. The summed E-state index contributed by atoms with van der Waals surface area (Å²) >= 11 is 5.45. The van der Waals surface area contributed by atoms with E-state index in [2.05, 4.69) is 18.3 Å². The summed E-state index contributed by atoms with van der Waals surface area (Å²) in [6.07, 6.45) is 6.69. The monoisotopic (exact) mass is 159 g/mol. The molecule has 1 nitrogen and oxygen atoms in total. The van der Waals surface area contributed by atoms with Gasteiger partial charge in [-0.15, -0.1) is 11.6 Å². The molecule has 2 heteroatoms. The van der Waals surface area contributed by atoms with Gasteiger partial charge in [0.1, 0.15) is 0 Å². The Kier molecular flexibility index (Phi) is 2.75. The SMILES string of the molecule is CC1(NC/C=C/CCl)CC1. The number of halogens is 1. The highest BCUT2D eigenvalue weighted by Crippen LogP contribution is 2.33. The van der Waals surface area contributed by atoms with Gasteiger partial charge in [-0.1, -0.05) is 12.2 Å². The Labute approximate surface area is 67.5 Å². The van der Waals surface area contributed by atoms with Crippen LogP contribution >= 0.6 is 11.6 Å². The van der Waals surface area contributed by atoms with Crippen molar-refractivity contribution in [2.45, 2.75) is 25.3 Å². The summed E-state index contributed by atoms with van der Waals surface area (Å²) < 4.78 is 0. The number of nitrogens with one attached hydrogen (secondary N) is 1. The summed E-state index contributed by atoms with van der Waals surface area (Å²) in [5.41, 5.74) is 0.455. The Morgan fingerprint density at radius 2 is 2.20 bits per heavy atom. The third-order valence-electron chi connectivity index (χ3n) is 1.90.